The Kier molecular flexibility index (Phi) is 4.52. The van der Waals surface area contributed by atoms with E-state index in [0.29, 0.717) is 6.54 Å². The molecule has 1 atom stereocenters. The zero-order chi connectivity index (χ0) is 13.9. The number of rotatable bonds is 3. The van der Waals surface area contributed by atoms with Gasteiger partial charge in [-0.05, 0) is 17.9 Å². The molecule has 100 valence electrons. The van der Waals surface area contributed by atoms with Crippen molar-refractivity contribution >= 4 is 5.91 Å². The molecular formula is C15H24N2O. The summed E-state index contributed by atoms with van der Waals surface area (Å²) in [7, 11) is 1.80. The summed E-state index contributed by atoms with van der Waals surface area (Å²) in [6.07, 6.45) is 0. The van der Waals surface area contributed by atoms with Crippen LogP contribution >= 0.6 is 0 Å². The maximum Gasteiger partial charge on any atom is 0.240 e. The zero-order valence-electron chi connectivity index (χ0n) is 12.0. The molecule has 1 aromatic carbocycles. The number of carbonyl (C=O) groups excluding carboxylic acids is 1. The molecule has 0 aliphatic carbocycles. The van der Waals surface area contributed by atoms with Gasteiger partial charge < -0.3 is 10.6 Å². The summed E-state index contributed by atoms with van der Waals surface area (Å²) >= 11 is 0. The van der Waals surface area contributed by atoms with Crippen molar-refractivity contribution in [3.8, 4) is 0 Å². The fourth-order valence-corrected chi connectivity index (χ4v) is 1.77. The SMILES string of the molecule is Cc1cccc(CN(C)C(=O)C(N)C(C)(C)C)c1. The van der Waals surface area contributed by atoms with Crippen molar-refractivity contribution in [3.05, 3.63) is 35.4 Å². The number of nitrogens with two attached hydrogens (primary N) is 1. The van der Waals surface area contributed by atoms with E-state index < -0.39 is 6.04 Å². The predicted octanol–water partition coefficient (Wildman–Crippen LogP) is 2.33. The lowest BCUT2D eigenvalue weighted by Crippen LogP contribution is -2.48. The van der Waals surface area contributed by atoms with Gasteiger partial charge in [0.1, 0.15) is 0 Å². The number of likely N-dealkylation sites (N-methyl/N-ethyl adjacent to an activating group) is 1. The number of hydrogen-bond donors (Lipinski definition) is 1. The minimum absolute atomic E-state index is 0.0102. The molecule has 3 heteroatoms. The van der Waals surface area contributed by atoms with Crippen molar-refractivity contribution in [3.63, 3.8) is 0 Å². The fraction of sp³-hybridized carbons (Fsp3) is 0.533. The fourth-order valence-electron chi connectivity index (χ4n) is 1.77. The second-order valence-electron chi connectivity index (χ2n) is 6.03. The molecule has 1 amide bonds. The topological polar surface area (TPSA) is 46.3 Å². The molecule has 0 saturated heterocycles. The average Bonchev–Trinajstić information content (AvgIpc) is 2.25. The number of nitrogens with zero attached hydrogens (tertiary/aromatic N) is 1. The third-order valence-electron chi connectivity index (χ3n) is 3.08. The van der Waals surface area contributed by atoms with Crippen molar-refractivity contribution in [1.82, 2.24) is 4.90 Å². The third-order valence-corrected chi connectivity index (χ3v) is 3.08. The van der Waals surface area contributed by atoms with Crippen molar-refractivity contribution in [2.24, 2.45) is 11.1 Å². The van der Waals surface area contributed by atoms with Gasteiger partial charge in [-0.15, -0.1) is 0 Å². The lowest BCUT2D eigenvalue weighted by atomic mass is 9.86. The van der Waals surface area contributed by atoms with E-state index in [4.69, 9.17) is 5.73 Å². The first kappa shape index (κ1) is 14.7. The van der Waals surface area contributed by atoms with Crippen LogP contribution in [0.2, 0.25) is 0 Å². The summed E-state index contributed by atoms with van der Waals surface area (Å²) in [6.45, 7) is 8.60. The second-order valence-corrected chi connectivity index (χ2v) is 6.03. The summed E-state index contributed by atoms with van der Waals surface area (Å²) in [6, 6.07) is 7.71. The monoisotopic (exact) mass is 248 g/mol. The quantitative estimate of drug-likeness (QED) is 0.892. The van der Waals surface area contributed by atoms with Crippen LogP contribution in [-0.4, -0.2) is 23.9 Å². The third kappa shape index (κ3) is 3.84. The minimum Gasteiger partial charge on any atom is -0.340 e. The maximum atomic E-state index is 12.2. The van der Waals surface area contributed by atoms with E-state index in [1.165, 1.54) is 5.56 Å². The van der Waals surface area contributed by atoms with Crippen LogP contribution in [0.1, 0.15) is 31.9 Å². The Bertz CT molecular complexity index is 421. The highest BCUT2D eigenvalue weighted by Crippen LogP contribution is 2.19. The number of aryl methyl sites for hydroxylation is 1. The Morgan fingerprint density at radius 3 is 2.50 bits per heavy atom. The van der Waals surface area contributed by atoms with Gasteiger partial charge in [-0.25, -0.2) is 0 Å². The van der Waals surface area contributed by atoms with Gasteiger partial charge in [0, 0.05) is 13.6 Å². The largest absolute Gasteiger partial charge is 0.340 e. The first-order valence-electron chi connectivity index (χ1n) is 6.28. The minimum atomic E-state index is -0.465. The smallest absolute Gasteiger partial charge is 0.240 e. The predicted molar refractivity (Wildman–Crippen MR) is 75.1 cm³/mol. The van der Waals surface area contributed by atoms with Crippen LogP contribution in [0.4, 0.5) is 0 Å². The highest BCUT2D eigenvalue weighted by Gasteiger charge is 2.29. The van der Waals surface area contributed by atoms with Gasteiger partial charge in [0.25, 0.3) is 0 Å². The molecule has 1 aromatic rings. The summed E-state index contributed by atoms with van der Waals surface area (Å²) in [4.78, 5) is 13.9. The van der Waals surface area contributed by atoms with Crippen molar-refractivity contribution in [1.29, 1.82) is 0 Å². The van der Waals surface area contributed by atoms with Crippen LogP contribution < -0.4 is 5.73 Å². The highest BCUT2D eigenvalue weighted by atomic mass is 16.2. The normalized spacial score (nSPS) is 13.2. The van der Waals surface area contributed by atoms with Gasteiger partial charge in [0.2, 0.25) is 5.91 Å². The summed E-state index contributed by atoms with van der Waals surface area (Å²) in [5.41, 5.74) is 8.11. The van der Waals surface area contributed by atoms with Gasteiger partial charge in [-0.2, -0.15) is 0 Å². The standard InChI is InChI=1S/C15H24N2O/c1-11-7-6-8-12(9-11)10-17(5)14(18)13(16)15(2,3)4/h6-9,13H,10,16H2,1-5H3. The van der Waals surface area contributed by atoms with Crippen molar-refractivity contribution < 1.29 is 4.79 Å². The summed E-state index contributed by atoms with van der Waals surface area (Å²) in [5.74, 6) is -0.0102. The summed E-state index contributed by atoms with van der Waals surface area (Å²) in [5, 5.41) is 0. The molecule has 0 spiro atoms. The molecule has 0 bridgehead atoms. The van der Waals surface area contributed by atoms with E-state index in [1.807, 2.05) is 45.9 Å². The lowest BCUT2D eigenvalue weighted by Gasteiger charge is -2.30. The van der Waals surface area contributed by atoms with Crippen LogP contribution in [0.15, 0.2) is 24.3 Å². The van der Waals surface area contributed by atoms with Crippen LogP contribution in [-0.2, 0) is 11.3 Å². The number of hydrogen-bond acceptors (Lipinski definition) is 2. The van der Waals surface area contributed by atoms with Crippen LogP contribution in [0, 0.1) is 12.3 Å². The molecule has 0 fully saturated rings. The van der Waals surface area contributed by atoms with Crippen molar-refractivity contribution in [2.45, 2.75) is 40.3 Å². The van der Waals surface area contributed by atoms with E-state index >= 15 is 0 Å². The Hall–Kier alpha value is -1.35. The Labute approximate surface area is 110 Å². The molecule has 0 aliphatic heterocycles. The molecule has 0 radical (unpaired) electrons. The first-order valence-corrected chi connectivity index (χ1v) is 6.28. The molecule has 0 saturated carbocycles. The molecule has 1 rings (SSSR count). The molecule has 1 unspecified atom stereocenters. The van der Waals surface area contributed by atoms with Gasteiger partial charge >= 0.3 is 0 Å². The molecule has 0 aromatic heterocycles. The van der Waals surface area contributed by atoms with E-state index in [9.17, 15) is 4.79 Å². The summed E-state index contributed by atoms with van der Waals surface area (Å²) < 4.78 is 0. The van der Waals surface area contributed by atoms with Crippen LogP contribution in [0.3, 0.4) is 0 Å². The van der Waals surface area contributed by atoms with E-state index in [0.717, 1.165) is 5.56 Å². The Morgan fingerprint density at radius 2 is 2.00 bits per heavy atom. The van der Waals surface area contributed by atoms with Crippen LogP contribution in [0.25, 0.3) is 0 Å². The first-order chi connectivity index (χ1) is 8.21. The van der Waals surface area contributed by atoms with E-state index in [-0.39, 0.29) is 11.3 Å². The number of amides is 1. The molecular weight excluding hydrogens is 224 g/mol. The number of carbonyl (C=O) groups is 1. The van der Waals surface area contributed by atoms with Gasteiger partial charge in [-0.3, -0.25) is 4.79 Å². The van der Waals surface area contributed by atoms with Gasteiger partial charge in [-0.1, -0.05) is 50.6 Å². The molecule has 2 N–H and O–H groups in total. The highest BCUT2D eigenvalue weighted by molar-refractivity contribution is 5.82. The number of benzene rings is 1. The van der Waals surface area contributed by atoms with Crippen molar-refractivity contribution in [2.75, 3.05) is 7.05 Å². The lowest BCUT2D eigenvalue weighted by molar-refractivity contribution is -0.134. The van der Waals surface area contributed by atoms with Crippen LogP contribution in [0.5, 0.6) is 0 Å². The average molecular weight is 248 g/mol. The van der Waals surface area contributed by atoms with E-state index in [2.05, 4.69) is 6.07 Å². The molecule has 0 heterocycles. The van der Waals surface area contributed by atoms with Gasteiger partial charge in [0.05, 0.1) is 6.04 Å². The molecule has 18 heavy (non-hydrogen) atoms. The second kappa shape index (κ2) is 5.53. The molecule has 3 nitrogen and oxygen atoms in total. The maximum absolute atomic E-state index is 12.2. The zero-order valence-corrected chi connectivity index (χ0v) is 12.0. The Balaban J connectivity index is 2.71. The van der Waals surface area contributed by atoms with E-state index in [1.54, 1.807) is 11.9 Å². The Morgan fingerprint density at radius 1 is 1.39 bits per heavy atom. The molecule has 0 aliphatic rings. The van der Waals surface area contributed by atoms with Gasteiger partial charge in [0.15, 0.2) is 0 Å².